The predicted octanol–water partition coefficient (Wildman–Crippen LogP) is 0.429. The van der Waals surface area contributed by atoms with Gasteiger partial charge in [-0.1, -0.05) is 0 Å². The molecule has 10 heavy (non-hydrogen) atoms. The predicted molar refractivity (Wildman–Crippen MR) is 34.0 cm³/mol. The first kappa shape index (κ1) is 7.07. The van der Waals surface area contributed by atoms with E-state index in [4.69, 9.17) is 5.11 Å². The number of carboxylic acids is 1. The zero-order valence-corrected chi connectivity index (χ0v) is 6.14. The summed E-state index contributed by atoms with van der Waals surface area (Å²) in [5.41, 5.74) is -0.586. The molecule has 0 amide bonds. The van der Waals surface area contributed by atoms with Crippen LogP contribution in [0.1, 0.15) is 10.6 Å². The summed E-state index contributed by atoms with van der Waals surface area (Å²) < 4.78 is 4.18. The van der Waals surface area contributed by atoms with E-state index in [1.54, 1.807) is 0 Å². The molecule has 0 aromatic carbocycles. The summed E-state index contributed by atoms with van der Waals surface area (Å²) in [5.74, 6) is -1.70. The van der Waals surface area contributed by atoms with Crippen LogP contribution in [0.3, 0.4) is 0 Å². The maximum Gasteiger partial charge on any atom is 0.375 e. The highest BCUT2D eigenvalue weighted by atomic mass is 79.9. The van der Waals surface area contributed by atoms with Gasteiger partial charge in [-0.2, -0.15) is 5.16 Å². The van der Waals surface area contributed by atoms with Crippen LogP contribution in [0.25, 0.3) is 0 Å². The summed E-state index contributed by atoms with van der Waals surface area (Å²) in [6, 6.07) is 0. The number of rotatable bonds is 1. The van der Waals surface area contributed by atoms with Crippen LogP contribution >= 0.6 is 15.9 Å². The van der Waals surface area contributed by atoms with Gasteiger partial charge in [0.1, 0.15) is 4.47 Å². The van der Waals surface area contributed by atoms with E-state index in [1.165, 1.54) is 0 Å². The molecule has 0 saturated carbocycles. The van der Waals surface area contributed by atoms with Crippen LogP contribution in [0.4, 0.5) is 0 Å². The zero-order chi connectivity index (χ0) is 7.72. The largest absolute Gasteiger partial charge is 0.475 e. The Morgan fingerprint density at radius 1 is 1.70 bits per heavy atom. The number of halogens is 1. The first-order valence-electron chi connectivity index (χ1n) is 2.23. The molecule has 5 nitrogen and oxygen atoms in total. The molecule has 1 aromatic rings. The van der Waals surface area contributed by atoms with Crippen LogP contribution in [0.2, 0.25) is 0 Å². The lowest BCUT2D eigenvalue weighted by Gasteiger charge is -1.81. The summed E-state index contributed by atoms with van der Waals surface area (Å²) in [6.07, 6.45) is 0. The van der Waals surface area contributed by atoms with Gasteiger partial charge in [0.2, 0.25) is 0 Å². The number of aromatic nitrogens is 1. The third kappa shape index (κ3) is 0.971. The van der Waals surface area contributed by atoms with Crippen molar-refractivity contribution >= 4 is 21.9 Å². The van der Waals surface area contributed by atoms with Gasteiger partial charge in [-0.05, 0) is 15.9 Å². The Morgan fingerprint density at radius 2 is 2.30 bits per heavy atom. The highest BCUT2D eigenvalue weighted by Crippen LogP contribution is 2.09. The second-order valence-electron chi connectivity index (χ2n) is 1.48. The minimum atomic E-state index is -1.29. The molecule has 0 bridgehead atoms. The molecule has 54 valence electrons. The molecule has 0 fully saturated rings. The van der Waals surface area contributed by atoms with Gasteiger partial charge in [-0.15, -0.1) is 0 Å². The lowest BCUT2D eigenvalue weighted by Crippen LogP contribution is -2.00. The van der Waals surface area contributed by atoms with E-state index in [9.17, 15) is 9.59 Å². The summed E-state index contributed by atoms with van der Waals surface area (Å²) >= 11 is 2.73. The minimum absolute atomic E-state index is 0.0972. The van der Waals surface area contributed by atoms with E-state index in [0.29, 0.717) is 0 Å². The van der Waals surface area contributed by atoms with Crippen LogP contribution in [-0.2, 0) is 0 Å². The Bertz CT molecular complexity index is 311. The first-order valence-corrected chi connectivity index (χ1v) is 3.02. The average Bonchev–Trinajstić information content (AvgIpc) is 2.14. The monoisotopic (exact) mass is 207 g/mol. The van der Waals surface area contributed by atoms with Crippen molar-refractivity contribution in [1.29, 1.82) is 0 Å². The Labute approximate surface area is 62.7 Å². The third-order valence-electron chi connectivity index (χ3n) is 0.839. The van der Waals surface area contributed by atoms with Gasteiger partial charge >= 0.3 is 5.97 Å². The highest BCUT2D eigenvalue weighted by Gasteiger charge is 2.15. The molecule has 6 heteroatoms. The van der Waals surface area contributed by atoms with Crippen LogP contribution in [0.15, 0.2) is 13.8 Å². The maximum absolute atomic E-state index is 10.5. The topological polar surface area (TPSA) is 83.3 Å². The minimum Gasteiger partial charge on any atom is -0.475 e. The van der Waals surface area contributed by atoms with Gasteiger partial charge in [-0.3, -0.25) is 4.79 Å². The van der Waals surface area contributed by atoms with Gasteiger partial charge in [0.15, 0.2) is 0 Å². The number of aromatic amines is 1. The number of hydrogen-bond donors (Lipinski definition) is 2. The van der Waals surface area contributed by atoms with Gasteiger partial charge in [0.25, 0.3) is 11.3 Å². The normalized spacial score (nSPS) is 9.70. The molecule has 1 heterocycles. The van der Waals surface area contributed by atoms with Gasteiger partial charge in [0.05, 0.1) is 0 Å². The molecule has 0 spiro atoms. The molecular formula is C4H2BrNO4. The Balaban J connectivity index is 3.31. The second-order valence-corrected chi connectivity index (χ2v) is 2.27. The maximum atomic E-state index is 10.5. The fourth-order valence-electron chi connectivity index (χ4n) is 0.428. The van der Waals surface area contributed by atoms with E-state index in [0.717, 1.165) is 0 Å². The van der Waals surface area contributed by atoms with Crippen molar-refractivity contribution in [2.45, 2.75) is 0 Å². The van der Waals surface area contributed by atoms with E-state index in [1.807, 2.05) is 5.16 Å². The number of H-pyrrole nitrogens is 1. The second kappa shape index (κ2) is 2.30. The molecule has 2 N–H and O–H groups in total. The lowest BCUT2D eigenvalue weighted by molar-refractivity contribution is 0.0650. The van der Waals surface area contributed by atoms with Crippen molar-refractivity contribution in [2.24, 2.45) is 0 Å². The quantitative estimate of drug-likeness (QED) is 0.700. The molecule has 0 aliphatic heterocycles. The zero-order valence-electron chi connectivity index (χ0n) is 4.55. The van der Waals surface area contributed by atoms with Crippen LogP contribution < -0.4 is 5.56 Å². The fourth-order valence-corrected chi connectivity index (χ4v) is 0.759. The van der Waals surface area contributed by atoms with E-state index in [2.05, 4.69) is 20.5 Å². The van der Waals surface area contributed by atoms with Crippen LogP contribution in [-0.4, -0.2) is 16.2 Å². The number of hydrogen-bond acceptors (Lipinski definition) is 3. The van der Waals surface area contributed by atoms with Gasteiger partial charge in [0, 0.05) is 0 Å². The van der Waals surface area contributed by atoms with E-state index in [-0.39, 0.29) is 4.47 Å². The highest BCUT2D eigenvalue weighted by molar-refractivity contribution is 9.10. The van der Waals surface area contributed by atoms with Gasteiger partial charge < -0.3 is 9.63 Å². The average molecular weight is 208 g/mol. The molecule has 0 aliphatic rings. The number of aromatic carboxylic acids is 1. The molecular weight excluding hydrogens is 206 g/mol. The van der Waals surface area contributed by atoms with Crippen molar-refractivity contribution in [3.05, 3.63) is 20.6 Å². The van der Waals surface area contributed by atoms with Crippen molar-refractivity contribution in [2.75, 3.05) is 0 Å². The molecule has 0 aliphatic carbocycles. The summed E-state index contributed by atoms with van der Waals surface area (Å²) in [6.45, 7) is 0. The van der Waals surface area contributed by atoms with Gasteiger partial charge in [-0.25, -0.2) is 4.79 Å². The van der Waals surface area contributed by atoms with E-state index < -0.39 is 17.3 Å². The molecule has 1 rings (SSSR count). The SMILES string of the molecule is O=C(O)c1o[nH]c(=O)c1Br. The first-order chi connectivity index (χ1) is 4.63. The van der Waals surface area contributed by atoms with E-state index >= 15 is 0 Å². The van der Waals surface area contributed by atoms with Crippen LogP contribution in [0.5, 0.6) is 0 Å². The molecule has 0 atom stereocenters. The fraction of sp³-hybridized carbons (Fsp3) is 0. The standard InChI is InChI=1S/C4H2BrNO4/c5-1-2(4(8)9)10-6-3(1)7/h(H,6,7)(H,8,9). The number of carboxylic acid groups (broad SMARTS) is 1. The molecule has 1 aromatic heterocycles. The summed E-state index contributed by atoms with van der Waals surface area (Å²) in [5, 5.41) is 10.2. The summed E-state index contributed by atoms with van der Waals surface area (Å²) in [4.78, 5) is 20.6. The third-order valence-corrected chi connectivity index (χ3v) is 1.56. The molecule has 0 radical (unpaired) electrons. The Kier molecular flexibility index (Phi) is 1.62. The molecule has 0 unspecified atom stereocenters. The number of nitrogens with one attached hydrogen (secondary N) is 1. The number of carbonyl (C=O) groups is 1. The van der Waals surface area contributed by atoms with Crippen molar-refractivity contribution in [3.63, 3.8) is 0 Å². The lowest BCUT2D eigenvalue weighted by atomic mass is 10.5. The smallest absolute Gasteiger partial charge is 0.375 e. The Hall–Kier alpha value is -1.04. The van der Waals surface area contributed by atoms with Crippen molar-refractivity contribution < 1.29 is 14.4 Å². The summed E-state index contributed by atoms with van der Waals surface area (Å²) in [7, 11) is 0. The van der Waals surface area contributed by atoms with Crippen LogP contribution in [0, 0.1) is 0 Å². The van der Waals surface area contributed by atoms with Crippen molar-refractivity contribution in [3.8, 4) is 0 Å². The molecule has 0 saturated heterocycles. The Morgan fingerprint density at radius 3 is 2.50 bits per heavy atom. The van der Waals surface area contributed by atoms with Crippen molar-refractivity contribution in [1.82, 2.24) is 5.16 Å².